The topological polar surface area (TPSA) is 91.2 Å². The molecular formula is C20H21N5O3. The Balaban J connectivity index is 1.66. The maximum absolute atomic E-state index is 12.5. The van der Waals surface area contributed by atoms with E-state index in [0.29, 0.717) is 24.7 Å². The fourth-order valence-corrected chi connectivity index (χ4v) is 3.25. The van der Waals surface area contributed by atoms with Gasteiger partial charge in [-0.25, -0.2) is 9.67 Å². The third kappa shape index (κ3) is 3.59. The minimum Gasteiger partial charge on any atom is -0.497 e. The molecule has 0 saturated carbocycles. The van der Waals surface area contributed by atoms with E-state index in [4.69, 9.17) is 9.47 Å². The predicted molar refractivity (Wildman–Crippen MR) is 105 cm³/mol. The second kappa shape index (κ2) is 7.77. The van der Waals surface area contributed by atoms with Crippen LogP contribution in [-0.4, -0.2) is 46.1 Å². The van der Waals surface area contributed by atoms with Crippen molar-refractivity contribution in [3.8, 4) is 17.0 Å². The highest BCUT2D eigenvalue weighted by Crippen LogP contribution is 2.24. The number of hydrogen-bond acceptors (Lipinski definition) is 7. The normalized spacial score (nSPS) is 18.8. The number of nitrogens with zero attached hydrogens (tertiary/aromatic N) is 4. The molecule has 3 heterocycles. The summed E-state index contributed by atoms with van der Waals surface area (Å²) in [7, 11) is 1.62. The van der Waals surface area contributed by atoms with E-state index in [-0.39, 0.29) is 17.6 Å². The lowest BCUT2D eigenvalue weighted by atomic mass is 10.1. The first-order chi connectivity index (χ1) is 13.7. The zero-order valence-electron chi connectivity index (χ0n) is 15.7. The van der Waals surface area contributed by atoms with Crippen LogP contribution >= 0.6 is 0 Å². The summed E-state index contributed by atoms with van der Waals surface area (Å²) in [5, 5.41) is 7.95. The minimum absolute atomic E-state index is 0.138. The SMILES string of the molecule is COc1cccc(-c2ccc(=O)n(C3COCC3Nc3nccnc3C)n2)c1. The highest BCUT2D eigenvalue weighted by atomic mass is 16.5. The van der Waals surface area contributed by atoms with Crippen molar-refractivity contribution in [3.63, 3.8) is 0 Å². The monoisotopic (exact) mass is 379 g/mol. The number of anilines is 1. The molecule has 8 heteroatoms. The molecule has 1 fully saturated rings. The lowest BCUT2D eigenvalue weighted by Gasteiger charge is -2.21. The Bertz CT molecular complexity index is 1040. The second-order valence-corrected chi connectivity index (χ2v) is 6.58. The Morgan fingerprint density at radius 1 is 1.18 bits per heavy atom. The second-order valence-electron chi connectivity index (χ2n) is 6.58. The van der Waals surface area contributed by atoms with Crippen LogP contribution in [0, 0.1) is 6.92 Å². The van der Waals surface area contributed by atoms with E-state index in [1.807, 2.05) is 31.2 Å². The van der Waals surface area contributed by atoms with Crippen molar-refractivity contribution in [2.24, 2.45) is 0 Å². The van der Waals surface area contributed by atoms with Crippen molar-refractivity contribution in [2.45, 2.75) is 19.0 Å². The van der Waals surface area contributed by atoms with Crippen molar-refractivity contribution in [1.29, 1.82) is 0 Å². The number of aryl methyl sites for hydroxylation is 1. The molecule has 0 amide bonds. The van der Waals surface area contributed by atoms with Gasteiger partial charge < -0.3 is 14.8 Å². The molecule has 2 unspecified atom stereocenters. The van der Waals surface area contributed by atoms with Gasteiger partial charge in [-0.15, -0.1) is 0 Å². The number of benzene rings is 1. The number of rotatable bonds is 5. The molecule has 144 valence electrons. The molecule has 1 N–H and O–H groups in total. The molecule has 1 aliphatic heterocycles. The van der Waals surface area contributed by atoms with Crippen LogP contribution in [0.15, 0.2) is 53.6 Å². The molecule has 2 aromatic heterocycles. The van der Waals surface area contributed by atoms with Crippen LogP contribution in [-0.2, 0) is 4.74 Å². The third-order valence-electron chi connectivity index (χ3n) is 4.76. The van der Waals surface area contributed by atoms with Crippen molar-refractivity contribution in [2.75, 3.05) is 25.6 Å². The lowest BCUT2D eigenvalue weighted by molar-refractivity contribution is 0.183. The van der Waals surface area contributed by atoms with Gasteiger partial charge in [0.2, 0.25) is 0 Å². The fraction of sp³-hybridized carbons (Fsp3) is 0.300. The van der Waals surface area contributed by atoms with Gasteiger partial charge in [0, 0.05) is 24.0 Å². The van der Waals surface area contributed by atoms with Gasteiger partial charge in [-0.2, -0.15) is 5.10 Å². The van der Waals surface area contributed by atoms with Gasteiger partial charge in [0.25, 0.3) is 5.56 Å². The maximum Gasteiger partial charge on any atom is 0.267 e. The number of hydrogen-bond donors (Lipinski definition) is 1. The molecule has 3 aromatic rings. The molecule has 1 saturated heterocycles. The average molecular weight is 379 g/mol. The first-order valence-electron chi connectivity index (χ1n) is 9.02. The van der Waals surface area contributed by atoms with Crippen molar-refractivity contribution < 1.29 is 9.47 Å². The molecule has 28 heavy (non-hydrogen) atoms. The Kier molecular flexibility index (Phi) is 5.03. The average Bonchev–Trinajstić information content (AvgIpc) is 3.18. The zero-order chi connectivity index (χ0) is 19.5. The molecule has 0 spiro atoms. The van der Waals surface area contributed by atoms with Crippen LogP contribution in [0.3, 0.4) is 0 Å². The highest BCUT2D eigenvalue weighted by Gasteiger charge is 2.32. The van der Waals surface area contributed by atoms with E-state index >= 15 is 0 Å². The Hall–Kier alpha value is -3.26. The summed E-state index contributed by atoms with van der Waals surface area (Å²) in [5.41, 5.74) is 2.18. The first-order valence-corrected chi connectivity index (χ1v) is 9.02. The summed E-state index contributed by atoms with van der Waals surface area (Å²) >= 11 is 0. The van der Waals surface area contributed by atoms with Gasteiger partial charge in [0.1, 0.15) is 17.6 Å². The van der Waals surface area contributed by atoms with E-state index in [1.54, 1.807) is 25.6 Å². The Morgan fingerprint density at radius 2 is 2.04 bits per heavy atom. The Labute approximate surface area is 162 Å². The summed E-state index contributed by atoms with van der Waals surface area (Å²) in [5.74, 6) is 1.42. The molecule has 4 rings (SSSR count). The number of nitrogens with one attached hydrogen (secondary N) is 1. The standard InChI is InChI=1S/C20H21N5O3/c1-13-20(22-9-8-21-13)23-17-11-28-12-18(17)25-19(26)7-6-16(24-25)14-4-3-5-15(10-14)27-2/h3-10,17-18H,11-12H2,1-2H3,(H,22,23). The van der Waals surface area contributed by atoms with Crippen LogP contribution in [0.1, 0.15) is 11.7 Å². The maximum atomic E-state index is 12.5. The highest BCUT2D eigenvalue weighted by molar-refractivity contribution is 5.60. The molecule has 1 aliphatic rings. The first kappa shape index (κ1) is 18.1. The predicted octanol–water partition coefficient (Wildman–Crippen LogP) is 2.07. The van der Waals surface area contributed by atoms with Crippen LogP contribution in [0.4, 0.5) is 5.82 Å². The number of ether oxygens (including phenoxy) is 2. The van der Waals surface area contributed by atoms with E-state index in [9.17, 15) is 4.79 Å². The third-order valence-corrected chi connectivity index (χ3v) is 4.76. The molecule has 0 aliphatic carbocycles. The summed E-state index contributed by atoms with van der Waals surface area (Å²) in [6, 6.07) is 10.5. The van der Waals surface area contributed by atoms with Gasteiger partial charge in [-0.1, -0.05) is 12.1 Å². The lowest BCUT2D eigenvalue weighted by Crippen LogP contribution is -2.37. The van der Waals surface area contributed by atoms with E-state index in [1.165, 1.54) is 10.7 Å². The summed E-state index contributed by atoms with van der Waals surface area (Å²) < 4.78 is 12.4. The van der Waals surface area contributed by atoms with E-state index in [0.717, 1.165) is 17.0 Å². The van der Waals surface area contributed by atoms with Gasteiger partial charge in [-0.05, 0) is 25.1 Å². The van der Waals surface area contributed by atoms with E-state index < -0.39 is 0 Å². The zero-order valence-corrected chi connectivity index (χ0v) is 15.7. The minimum atomic E-state index is -0.250. The van der Waals surface area contributed by atoms with Crippen molar-refractivity contribution >= 4 is 5.82 Å². The number of aromatic nitrogens is 4. The van der Waals surface area contributed by atoms with Crippen LogP contribution in [0.5, 0.6) is 5.75 Å². The summed E-state index contributed by atoms with van der Waals surface area (Å²) in [4.78, 5) is 21.1. The van der Waals surface area contributed by atoms with E-state index in [2.05, 4.69) is 20.4 Å². The van der Waals surface area contributed by atoms with Gasteiger partial charge in [0.05, 0.1) is 37.8 Å². The Morgan fingerprint density at radius 3 is 2.86 bits per heavy atom. The van der Waals surface area contributed by atoms with Gasteiger partial charge in [-0.3, -0.25) is 9.78 Å². The van der Waals surface area contributed by atoms with Crippen molar-refractivity contribution in [3.05, 3.63) is 64.8 Å². The molecule has 2 atom stereocenters. The van der Waals surface area contributed by atoms with Gasteiger partial charge >= 0.3 is 0 Å². The molecule has 0 radical (unpaired) electrons. The fourth-order valence-electron chi connectivity index (χ4n) is 3.25. The summed E-state index contributed by atoms with van der Waals surface area (Å²) in [6.07, 6.45) is 3.28. The van der Waals surface area contributed by atoms with Crippen molar-refractivity contribution in [1.82, 2.24) is 19.7 Å². The smallest absolute Gasteiger partial charge is 0.267 e. The largest absolute Gasteiger partial charge is 0.497 e. The molecule has 0 bridgehead atoms. The van der Waals surface area contributed by atoms with Crippen LogP contribution < -0.4 is 15.6 Å². The molecular weight excluding hydrogens is 358 g/mol. The van der Waals surface area contributed by atoms with Crippen LogP contribution in [0.25, 0.3) is 11.3 Å². The molecule has 8 nitrogen and oxygen atoms in total. The van der Waals surface area contributed by atoms with Gasteiger partial charge in [0.15, 0.2) is 0 Å². The van der Waals surface area contributed by atoms with Crippen LogP contribution in [0.2, 0.25) is 0 Å². The summed E-state index contributed by atoms with van der Waals surface area (Å²) in [6.45, 7) is 2.73. The number of methoxy groups -OCH3 is 1. The molecule has 1 aromatic carbocycles. The quantitative estimate of drug-likeness (QED) is 0.726.